The van der Waals surface area contributed by atoms with E-state index in [-0.39, 0.29) is 17.4 Å². The Balaban J connectivity index is 1.73. The molecule has 0 spiro atoms. The van der Waals surface area contributed by atoms with Crippen molar-refractivity contribution in [3.05, 3.63) is 95.1 Å². The van der Waals surface area contributed by atoms with Crippen molar-refractivity contribution >= 4 is 11.9 Å². The average molecular weight is 402 g/mol. The number of ether oxygens (including phenoxy) is 2. The van der Waals surface area contributed by atoms with Crippen LogP contribution in [-0.2, 0) is 16.6 Å². The lowest BCUT2D eigenvalue weighted by Gasteiger charge is -2.26. The van der Waals surface area contributed by atoms with Crippen LogP contribution < -0.4 is 9.47 Å². The number of esters is 2. The van der Waals surface area contributed by atoms with E-state index in [0.29, 0.717) is 17.1 Å². The molecule has 154 valence electrons. The summed E-state index contributed by atoms with van der Waals surface area (Å²) in [6.45, 7) is 7.66. The molecule has 0 aromatic heterocycles. The smallest absolute Gasteiger partial charge is 0.343 e. The van der Waals surface area contributed by atoms with Crippen molar-refractivity contribution in [2.24, 2.45) is 0 Å². The first-order chi connectivity index (χ1) is 14.3. The molecule has 4 nitrogen and oxygen atoms in total. The summed E-state index contributed by atoms with van der Waals surface area (Å²) in [4.78, 5) is 23.5. The highest BCUT2D eigenvalue weighted by atomic mass is 16.5. The number of carbonyl (C=O) groups is 2. The van der Waals surface area contributed by atoms with Gasteiger partial charge in [0.2, 0.25) is 0 Å². The number of aryl methyl sites for hydroxylation is 1. The van der Waals surface area contributed by atoms with Gasteiger partial charge >= 0.3 is 11.9 Å². The van der Waals surface area contributed by atoms with E-state index >= 15 is 0 Å². The molecule has 0 atom stereocenters. The van der Waals surface area contributed by atoms with Crippen LogP contribution in [0.25, 0.3) is 0 Å². The minimum absolute atomic E-state index is 0.271. The number of benzene rings is 3. The summed E-state index contributed by atoms with van der Waals surface area (Å²) in [6.07, 6.45) is 0.868. The Bertz CT molecular complexity index is 1030. The maximum Gasteiger partial charge on any atom is 0.343 e. The molecule has 0 saturated heterocycles. The van der Waals surface area contributed by atoms with Crippen LogP contribution in [-0.4, -0.2) is 11.9 Å². The van der Waals surface area contributed by atoms with E-state index in [2.05, 4.69) is 20.8 Å². The van der Waals surface area contributed by atoms with Gasteiger partial charge in [-0.25, -0.2) is 4.79 Å². The van der Waals surface area contributed by atoms with Crippen LogP contribution in [0.15, 0.2) is 72.8 Å². The van der Waals surface area contributed by atoms with Crippen LogP contribution in [0.2, 0.25) is 0 Å². The van der Waals surface area contributed by atoms with Crippen molar-refractivity contribution in [3.8, 4) is 11.5 Å². The third-order valence-electron chi connectivity index (χ3n) is 5.20. The van der Waals surface area contributed by atoms with Gasteiger partial charge in [0.25, 0.3) is 0 Å². The molecule has 0 bridgehead atoms. The van der Waals surface area contributed by atoms with Gasteiger partial charge < -0.3 is 9.47 Å². The standard InChI is InChI=1S/C26H26O4/c1-5-19-7-6-8-20(17-19)25(28)30-24-15-11-22(12-16-24)26(3,4)21-9-13-23(14-10-21)29-18(2)27/h6-17H,5H2,1-4H3. The largest absolute Gasteiger partial charge is 0.427 e. The molecule has 4 heteroatoms. The Labute approximate surface area is 177 Å². The van der Waals surface area contributed by atoms with Crippen molar-refractivity contribution in [1.29, 1.82) is 0 Å². The van der Waals surface area contributed by atoms with Crippen molar-refractivity contribution in [1.82, 2.24) is 0 Å². The normalized spacial score (nSPS) is 11.1. The first-order valence-corrected chi connectivity index (χ1v) is 10.00. The molecule has 0 saturated carbocycles. The van der Waals surface area contributed by atoms with Crippen molar-refractivity contribution in [2.45, 2.75) is 39.5 Å². The Morgan fingerprint density at radius 3 is 1.83 bits per heavy atom. The van der Waals surface area contributed by atoms with Gasteiger partial charge in [0.15, 0.2) is 0 Å². The van der Waals surface area contributed by atoms with Gasteiger partial charge in [0, 0.05) is 12.3 Å². The van der Waals surface area contributed by atoms with E-state index in [9.17, 15) is 9.59 Å². The second kappa shape index (κ2) is 8.95. The van der Waals surface area contributed by atoms with Gasteiger partial charge in [-0.1, -0.05) is 57.2 Å². The van der Waals surface area contributed by atoms with Gasteiger partial charge in [-0.05, 0) is 59.5 Å². The summed E-state index contributed by atoms with van der Waals surface area (Å²) >= 11 is 0. The monoisotopic (exact) mass is 402 g/mol. The first-order valence-electron chi connectivity index (χ1n) is 10.00. The average Bonchev–Trinajstić information content (AvgIpc) is 2.74. The summed E-state index contributed by atoms with van der Waals surface area (Å²) < 4.78 is 10.6. The molecule has 3 rings (SSSR count). The molecule has 0 aliphatic carbocycles. The summed E-state index contributed by atoms with van der Waals surface area (Å²) in [7, 11) is 0. The van der Waals surface area contributed by atoms with Gasteiger partial charge in [-0.3, -0.25) is 4.79 Å². The summed E-state index contributed by atoms with van der Waals surface area (Å²) in [5.74, 6) is 0.329. The number of hydrogen-bond donors (Lipinski definition) is 0. The molecule has 0 unspecified atom stereocenters. The van der Waals surface area contributed by atoms with Crippen molar-refractivity contribution in [2.75, 3.05) is 0 Å². The predicted octanol–water partition coefficient (Wildman–Crippen LogP) is 5.72. The number of rotatable bonds is 6. The fourth-order valence-corrected chi connectivity index (χ4v) is 3.30. The Morgan fingerprint density at radius 1 is 0.800 bits per heavy atom. The third-order valence-corrected chi connectivity index (χ3v) is 5.20. The van der Waals surface area contributed by atoms with E-state index in [4.69, 9.17) is 9.47 Å². The number of hydrogen-bond acceptors (Lipinski definition) is 4. The van der Waals surface area contributed by atoms with E-state index in [1.165, 1.54) is 6.92 Å². The molecule has 0 heterocycles. The molecule has 0 aliphatic rings. The van der Waals surface area contributed by atoms with Crippen LogP contribution in [0.4, 0.5) is 0 Å². The molecular formula is C26H26O4. The second-order valence-electron chi connectivity index (χ2n) is 7.71. The Morgan fingerprint density at radius 2 is 1.33 bits per heavy atom. The maximum atomic E-state index is 12.4. The zero-order valence-corrected chi connectivity index (χ0v) is 17.8. The maximum absolute atomic E-state index is 12.4. The van der Waals surface area contributed by atoms with Crippen molar-refractivity contribution in [3.63, 3.8) is 0 Å². The van der Waals surface area contributed by atoms with E-state index in [1.807, 2.05) is 54.6 Å². The fourth-order valence-electron chi connectivity index (χ4n) is 3.30. The molecule has 0 aliphatic heterocycles. The second-order valence-corrected chi connectivity index (χ2v) is 7.71. The lowest BCUT2D eigenvalue weighted by Crippen LogP contribution is -2.19. The number of carbonyl (C=O) groups excluding carboxylic acids is 2. The quantitative estimate of drug-likeness (QED) is 0.391. The first kappa shape index (κ1) is 21.3. The molecule has 3 aromatic rings. The lowest BCUT2D eigenvalue weighted by atomic mass is 9.78. The van der Waals surface area contributed by atoms with E-state index < -0.39 is 0 Å². The van der Waals surface area contributed by atoms with Crippen LogP contribution >= 0.6 is 0 Å². The molecule has 3 aromatic carbocycles. The molecular weight excluding hydrogens is 376 g/mol. The fraction of sp³-hybridized carbons (Fsp3) is 0.231. The molecule has 0 N–H and O–H groups in total. The Hall–Kier alpha value is -3.40. The van der Waals surface area contributed by atoms with E-state index in [1.54, 1.807) is 18.2 Å². The minimum Gasteiger partial charge on any atom is -0.427 e. The molecule has 0 radical (unpaired) electrons. The third kappa shape index (κ3) is 4.95. The lowest BCUT2D eigenvalue weighted by molar-refractivity contribution is -0.131. The molecule has 0 amide bonds. The van der Waals surface area contributed by atoms with Crippen LogP contribution in [0.5, 0.6) is 11.5 Å². The van der Waals surface area contributed by atoms with Crippen LogP contribution in [0.3, 0.4) is 0 Å². The highest BCUT2D eigenvalue weighted by Gasteiger charge is 2.23. The summed E-state index contributed by atoms with van der Waals surface area (Å²) in [5.41, 5.74) is 3.54. The van der Waals surface area contributed by atoms with Crippen molar-refractivity contribution < 1.29 is 19.1 Å². The SMILES string of the molecule is CCc1cccc(C(=O)Oc2ccc(C(C)(C)c3ccc(OC(C)=O)cc3)cc2)c1. The van der Waals surface area contributed by atoms with Gasteiger partial charge in [0.1, 0.15) is 11.5 Å². The van der Waals surface area contributed by atoms with Gasteiger partial charge in [-0.2, -0.15) is 0 Å². The van der Waals surface area contributed by atoms with Gasteiger partial charge in [-0.15, -0.1) is 0 Å². The summed E-state index contributed by atoms with van der Waals surface area (Å²) in [6, 6.07) is 22.5. The topological polar surface area (TPSA) is 52.6 Å². The minimum atomic E-state index is -0.363. The molecule has 30 heavy (non-hydrogen) atoms. The van der Waals surface area contributed by atoms with E-state index in [0.717, 1.165) is 23.1 Å². The van der Waals surface area contributed by atoms with Crippen LogP contribution in [0.1, 0.15) is 54.7 Å². The van der Waals surface area contributed by atoms with Gasteiger partial charge in [0.05, 0.1) is 5.56 Å². The summed E-state index contributed by atoms with van der Waals surface area (Å²) in [5, 5.41) is 0. The zero-order valence-electron chi connectivity index (χ0n) is 17.8. The predicted molar refractivity (Wildman–Crippen MR) is 117 cm³/mol. The highest BCUT2D eigenvalue weighted by Crippen LogP contribution is 2.33. The Kier molecular flexibility index (Phi) is 6.36. The zero-order chi connectivity index (χ0) is 21.7. The van der Waals surface area contributed by atoms with Crippen LogP contribution in [0, 0.1) is 0 Å². The highest BCUT2D eigenvalue weighted by molar-refractivity contribution is 5.91. The molecule has 0 fully saturated rings.